The van der Waals surface area contributed by atoms with Gasteiger partial charge in [-0.25, -0.2) is 0 Å². The first-order valence-electron chi connectivity index (χ1n) is 11.0. The lowest BCUT2D eigenvalue weighted by Crippen LogP contribution is -2.27. The lowest BCUT2D eigenvalue weighted by molar-refractivity contribution is -0.385. The number of rotatable bonds is 6. The lowest BCUT2D eigenvalue weighted by atomic mass is 10.1. The largest absolute Gasteiger partial charge is 0.454 e. The highest BCUT2D eigenvalue weighted by Crippen LogP contribution is 2.40. The van der Waals surface area contributed by atoms with Gasteiger partial charge < -0.3 is 14.2 Å². The van der Waals surface area contributed by atoms with Crippen LogP contribution in [0.2, 0.25) is 5.02 Å². The van der Waals surface area contributed by atoms with Crippen LogP contribution >= 0.6 is 23.4 Å². The molecule has 200 valence electrons. The summed E-state index contributed by atoms with van der Waals surface area (Å²) in [6.45, 7) is -0.0629. The van der Waals surface area contributed by atoms with E-state index in [-0.39, 0.29) is 24.0 Å². The minimum atomic E-state index is -4.76. The number of nitro benzene ring substituents is 1. The number of nitro groups is 1. The van der Waals surface area contributed by atoms with Crippen molar-refractivity contribution < 1.29 is 41.9 Å². The number of amides is 2. The fraction of sp³-hybridized carbons (Fsp3) is 0.120. The van der Waals surface area contributed by atoms with Gasteiger partial charge in [-0.3, -0.25) is 24.6 Å². The van der Waals surface area contributed by atoms with Crippen LogP contribution in [0.4, 0.5) is 23.7 Å². The van der Waals surface area contributed by atoms with Crippen molar-refractivity contribution in [3.8, 4) is 23.0 Å². The van der Waals surface area contributed by atoms with Crippen LogP contribution in [-0.2, 0) is 17.5 Å². The van der Waals surface area contributed by atoms with Crippen LogP contribution in [0.3, 0.4) is 0 Å². The van der Waals surface area contributed by atoms with Crippen molar-refractivity contribution >= 4 is 46.3 Å². The van der Waals surface area contributed by atoms with E-state index in [0.717, 1.165) is 11.0 Å². The van der Waals surface area contributed by atoms with Gasteiger partial charge in [0.05, 0.1) is 21.9 Å². The molecule has 2 aliphatic heterocycles. The molecular weight excluding hydrogens is 565 g/mol. The van der Waals surface area contributed by atoms with Gasteiger partial charge >= 0.3 is 11.9 Å². The van der Waals surface area contributed by atoms with Crippen molar-refractivity contribution in [1.82, 2.24) is 4.90 Å². The summed E-state index contributed by atoms with van der Waals surface area (Å²) in [7, 11) is 0. The first-order valence-corrected chi connectivity index (χ1v) is 12.2. The van der Waals surface area contributed by atoms with Gasteiger partial charge in [-0.2, -0.15) is 13.2 Å². The lowest BCUT2D eigenvalue weighted by Gasteiger charge is -2.14. The second-order valence-electron chi connectivity index (χ2n) is 8.18. The van der Waals surface area contributed by atoms with E-state index in [4.69, 9.17) is 25.8 Å². The Labute approximate surface area is 226 Å². The molecule has 5 rings (SSSR count). The second kappa shape index (κ2) is 10.2. The number of thioether (sulfide) groups is 1. The molecule has 0 N–H and O–H groups in total. The van der Waals surface area contributed by atoms with Crippen molar-refractivity contribution in [2.45, 2.75) is 12.7 Å². The fourth-order valence-electron chi connectivity index (χ4n) is 3.76. The molecule has 2 heterocycles. The molecule has 0 bridgehead atoms. The molecule has 0 aliphatic carbocycles. The fourth-order valence-corrected chi connectivity index (χ4v) is 4.81. The van der Waals surface area contributed by atoms with Crippen molar-refractivity contribution in [3.63, 3.8) is 0 Å². The zero-order valence-electron chi connectivity index (χ0n) is 19.4. The molecular formula is C25H14ClF3N2O7S. The molecule has 3 aromatic carbocycles. The average Bonchev–Trinajstić information content (AvgIpc) is 3.42. The van der Waals surface area contributed by atoms with Crippen LogP contribution in [0, 0.1) is 10.1 Å². The predicted molar refractivity (Wildman–Crippen MR) is 134 cm³/mol. The summed E-state index contributed by atoms with van der Waals surface area (Å²) < 4.78 is 55.0. The Morgan fingerprint density at radius 2 is 1.85 bits per heavy atom. The van der Waals surface area contributed by atoms with Gasteiger partial charge in [0.2, 0.25) is 12.5 Å². The van der Waals surface area contributed by atoms with E-state index in [1.54, 1.807) is 18.2 Å². The zero-order valence-corrected chi connectivity index (χ0v) is 20.9. The maximum absolute atomic E-state index is 13.0. The molecule has 2 amide bonds. The summed E-state index contributed by atoms with van der Waals surface area (Å²) >= 11 is 6.99. The van der Waals surface area contributed by atoms with Gasteiger partial charge in [0.15, 0.2) is 11.5 Å². The van der Waals surface area contributed by atoms with Gasteiger partial charge in [-0.05, 0) is 59.3 Å². The Hall–Kier alpha value is -4.23. The average molecular weight is 579 g/mol. The van der Waals surface area contributed by atoms with Gasteiger partial charge in [-0.15, -0.1) is 0 Å². The van der Waals surface area contributed by atoms with Crippen LogP contribution in [-0.4, -0.2) is 27.8 Å². The number of fused-ring (bicyclic) bond motifs is 1. The number of benzene rings is 3. The number of carbonyl (C=O) groups excluding carboxylic acids is 2. The molecule has 1 fully saturated rings. The highest BCUT2D eigenvalue weighted by Gasteiger charge is 2.36. The van der Waals surface area contributed by atoms with E-state index in [1.165, 1.54) is 24.3 Å². The molecule has 14 heteroatoms. The van der Waals surface area contributed by atoms with Gasteiger partial charge in [-0.1, -0.05) is 23.7 Å². The Kier molecular flexibility index (Phi) is 6.87. The van der Waals surface area contributed by atoms with E-state index in [9.17, 15) is 32.9 Å². The quantitative estimate of drug-likeness (QED) is 0.174. The highest BCUT2D eigenvalue weighted by molar-refractivity contribution is 8.18. The van der Waals surface area contributed by atoms with Crippen molar-refractivity contribution in [2.24, 2.45) is 0 Å². The predicted octanol–water partition coefficient (Wildman–Crippen LogP) is 7.02. The van der Waals surface area contributed by atoms with Crippen LogP contribution in [0.5, 0.6) is 23.0 Å². The summed E-state index contributed by atoms with van der Waals surface area (Å²) in [4.78, 5) is 37.1. The van der Waals surface area contributed by atoms with E-state index in [0.29, 0.717) is 51.5 Å². The summed E-state index contributed by atoms with van der Waals surface area (Å²) in [6, 6.07) is 11.0. The third-order valence-corrected chi connectivity index (χ3v) is 6.87. The van der Waals surface area contributed by atoms with E-state index in [1.807, 2.05) is 0 Å². The number of halogens is 4. The smallest absolute Gasteiger partial charge is 0.416 e. The van der Waals surface area contributed by atoms with Crippen molar-refractivity contribution in [1.29, 1.82) is 0 Å². The normalized spacial score (nSPS) is 15.8. The molecule has 1 saturated heterocycles. The number of hydrogen-bond donors (Lipinski definition) is 0. The number of ether oxygens (including phenoxy) is 3. The number of nitrogens with zero attached hydrogens (tertiary/aromatic N) is 2. The molecule has 9 nitrogen and oxygen atoms in total. The first-order chi connectivity index (χ1) is 18.5. The number of imide groups is 1. The van der Waals surface area contributed by atoms with Crippen molar-refractivity contribution in [2.75, 3.05) is 6.79 Å². The molecule has 3 aromatic rings. The Bertz CT molecular complexity index is 1560. The first kappa shape index (κ1) is 26.4. The molecule has 0 saturated carbocycles. The molecule has 0 atom stereocenters. The molecule has 0 radical (unpaired) electrons. The van der Waals surface area contributed by atoms with Crippen molar-refractivity contribution in [3.05, 3.63) is 91.3 Å². The molecule has 39 heavy (non-hydrogen) atoms. The number of hydrogen-bond acceptors (Lipinski definition) is 8. The molecule has 0 aromatic heterocycles. The van der Waals surface area contributed by atoms with Gasteiger partial charge in [0.25, 0.3) is 11.1 Å². The Morgan fingerprint density at radius 3 is 2.56 bits per heavy atom. The standard InChI is InChI=1S/C25H14ClF3N2O7S/c26-17-10-21-20(36-12-37-21)8-14(17)11-30-23(32)22(39-24(30)33)7-13-2-1-3-16(6-13)38-19-5-4-15(25(27,28)29)9-18(19)31(34)35/h1-10H,11-12H2/b22-7-. The molecule has 0 unspecified atom stereocenters. The monoisotopic (exact) mass is 578 g/mol. The van der Waals surface area contributed by atoms with E-state index >= 15 is 0 Å². The number of alkyl halides is 3. The third-order valence-electron chi connectivity index (χ3n) is 5.61. The van der Waals surface area contributed by atoms with E-state index in [2.05, 4.69) is 0 Å². The minimum absolute atomic E-state index is 0.0361. The van der Waals surface area contributed by atoms with Crippen LogP contribution < -0.4 is 14.2 Å². The maximum Gasteiger partial charge on any atom is 0.416 e. The summed E-state index contributed by atoms with van der Waals surface area (Å²) in [5, 5.41) is 11.1. The Morgan fingerprint density at radius 1 is 1.10 bits per heavy atom. The number of carbonyl (C=O) groups is 2. The van der Waals surface area contributed by atoms with Crippen LogP contribution in [0.15, 0.2) is 59.5 Å². The molecule has 0 spiro atoms. The minimum Gasteiger partial charge on any atom is -0.454 e. The van der Waals surface area contributed by atoms with E-state index < -0.39 is 39.2 Å². The zero-order chi connectivity index (χ0) is 27.9. The Balaban J connectivity index is 1.35. The third kappa shape index (κ3) is 5.49. The van der Waals surface area contributed by atoms with Crippen LogP contribution in [0.25, 0.3) is 6.08 Å². The summed E-state index contributed by atoms with van der Waals surface area (Å²) in [5.74, 6) is 0.0102. The summed E-state index contributed by atoms with van der Waals surface area (Å²) in [5.41, 5.74) is -1.15. The second-order valence-corrected chi connectivity index (χ2v) is 9.58. The van der Waals surface area contributed by atoms with Gasteiger partial charge in [0.1, 0.15) is 5.75 Å². The highest BCUT2D eigenvalue weighted by atomic mass is 35.5. The maximum atomic E-state index is 13.0. The summed E-state index contributed by atoms with van der Waals surface area (Å²) in [6.07, 6.45) is -3.33. The van der Waals surface area contributed by atoms with Crippen LogP contribution in [0.1, 0.15) is 16.7 Å². The van der Waals surface area contributed by atoms with Gasteiger partial charge in [0, 0.05) is 17.2 Å². The topological polar surface area (TPSA) is 108 Å². The SMILES string of the molecule is O=C1S/C(=C\c2cccc(Oc3ccc(C(F)(F)F)cc3[N+](=O)[O-])c2)C(=O)N1Cc1cc2c(cc1Cl)OCO2. The molecule has 2 aliphatic rings.